The Morgan fingerprint density at radius 3 is 2.59 bits per heavy atom. The summed E-state index contributed by atoms with van der Waals surface area (Å²) in [6, 6.07) is 12.9. The van der Waals surface area contributed by atoms with Crippen molar-refractivity contribution in [2.45, 2.75) is 0 Å². The molecule has 0 unspecified atom stereocenters. The van der Waals surface area contributed by atoms with Gasteiger partial charge >= 0.3 is 0 Å². The Balaban J connectivity index is 2.24. The maximum atomic E-state index is 5.96. The van der Waals surface area contributed by atoms with E-state index in [9.17, 15) is 0 Å². The lowest BCUT2D eigenvalue weighted by atomic mass is 10.3. The third kappa shape index (κ3) is 1.88. The number of benzene rings is 2. The first kappa shape index (κ1) is 10.6. The summed E-state index contributed by atoms with van der Waals surface area (Å²) in [5.41, 5.74) is 2.54. The van der Waals surface area contributed by atoms with Crippen molar-refractivity contribution in [1.82, 2.24) is 15.0 Å². The van der Waals surface area contributed by atoms with Gasteiger partial charge in [0.1, 0.15) is 5.52 Å². The highest BCUT2D eigenvalue weighted by molar-refractivity contribution is 6.31. The van der Waals surface area contributed by atoms with E-state index in [1.807, 2.05) is 36.4 Å². The highest BCUT2D eigenvalue weighted by Crippen LogP contribution is 2.21. The zero-order valence-corrected chi connectivity index (χ0v) is 10.2. The predicted molar refractivity (Wildman–Crippen MR) is 68.9 cm³/mol. The minimum absolute atomic E-state index is 0.649. The van der Waals surface area contributed by atoms with Gasteiger partial charge in [-0.05, 0) is 36.4 Å². The molecule has 0 aliphatic rings. The van der Waals surface area contributed by atoms with Crippen molar-refractivity contribution < 1.29 is 0 Å². The van der Waals surface area contributed by atoms with Gasteiger partial charge in [0.2, 0.25) is 0 Å². The molecule has 1 aromatic heterocycles. The highest BCUT2D eigenvalue weighted by atomic mass is 35.5. The Bertz CT molecular complexity index is 691. The molecule has 3 rings (SSSR count). The molecule has 0 saturated heterocycles. The SMILES string of the molecule is Clc1cccc(-n2nnc3cc(Cl)ccc32)c1. The van der Waals surface area contributed by atoms with Gasteiger partial charge in [-0.2, -0.15) is 0 Å². The zero-order valence-electron chi connectivity index (χ0n) is 8.64. The van der Waals surface area contributed by atoms with E-state index in [0.717, 1.165) is 16.7 Å². The Morgan fingerprint density at radius 1 is 0.941 bits per heavy atom. The van der Waals surface area contributed by atoms with Crippen LogP contribution >= 0.6 is 23.2 Å². The van der Waals surface area contributed by atoms with Gasteiger partial charge in [0, 0.05) is 10.0 Å². The van der Waals surface area contributed by atoms with Crippen LogP contribution in [0.2, 0.25) is 10.0 Å². The van der Waals surface area contributed by atoms with Crippen molar-refractivity contribution in [2.24, 2.45) is 0 Å². The standard InChI is InChI=1S/C12H7Cl2N3/c13-8-2-1-3-10(6-8)17-12-5-4-9(14)7-11(12)15-16-17/h1-7H. The molecular formula is C12H7Cl2N3. The van der Waals surface area contributed by atoms with Gasteiger partial charge in [-0.3, -0.25) is 0 Å². The first-order chi connectivity index (χ1) is 8.24. The van der Waals surface area contributed by atoms with Gasteiger partial charge in [-0.15, -0.1) is 5.10 Å². The summed E-state index contributed by atoms with van der Waals surface area (Å²) in [6.45, 7) is 0. The van der Waals surface area contributed by atoms with Crippen LogP contribution < -0.4 is 0 Å². The molecule has 0 spiro atoms. The summed E-state index contributed by atoms with van der Waals surface area (Å²) in [5, 5.41) is 9.48. The molecule has 2 aromatic carbocycles. The Kier molecular flexibility index (Phi) is 2.50. The topological polar surface area (TPSA) is 30.7 Å². The highest BCUT2D eigenvalue weighted by Gasteiger charge is 2.06. The Hall–Kier alpha value is -1.58. The monoisotopic (exact) mass is 263 g/mol. The maximum absolute atomic E-state index is 5.96. The molecule has 3 aromatic rings. The van der Waals surface area contributed by atoms with E-state index >= 15 is 0 Å². The van der Waals surface area contributed by atoms with E-state index < -0.39 is 0 Å². The van der Waals surface area contributed by atoms with Crippen LogP contribution in [-0.2, 0) is 0 Å². The van der Waals surface area contributed by atoms with E-state index in [1.165, 1.54) is 0 Å². The molecule has 17 heavy (non-hydrogen) atoms. The number of fused-ring (bicyclic) bond motifs is 1. The molecule has 0 N–H and O–H groups in total. The van der Waals surface area contributed by atoms with Crippen LogP contribution in [0.4, 0.5) is 0 Å². The second-order valence-corrected chi connectivity index (χ2v) is 4.49. The summed E-state index contributed by atoms with van der Waals surface area (Å²) in [7, 11) is 0. The molecule has 0 bridgehead atoms. The van der Waals surface area contributed by atoms with E-state index in [4.69, 9.17) is 23.2 Å². The van der Waals surface area contributed by atoms with E-state index in [0.29, 0.717) is 10.0 Å². The van der Waals surface area contributed by atoms with Crippen LogP contribution in [-0.4, -0.2) is 15.0 Å². The van der Waals surface area contributed by atoms with Crippen LogP contribution in [0.15, 0.2) is 42.5 Å². The Morgan fingerprint density at radius 2 is 1.76 bits per heavy atom. The molecule has 0 fully saturated rings. The fraction of sp³-hybridized carbons (Fsp3) is 0. The van der Waals surface area contributed by atoms with Gasteiger partial charge in [0.15, 0.2) is 0 Å². The van der Waals surface area contributed by atoms with Crippen molar-refractivity contribution in [3.8, 4) is 5.69 Å². The number of halogens is 2. The predicted octanol–water partition coefficient (Wildman–Crippen LogP) is 3.73. The lowest BCUT2D eigenvalue weighted by molar-refractivity contribution is 0.824. The average molecular weight is 264 g/mol. The molecule has 0 radical (unpaired) electrons. The average Bonchev–Trinajstić information content (AvgIpc) is 2.71. The molecule has 0 atom stereocenters. The minimum Gasteiger partial charge on any atom is -0.213 e. The third-order valence-corrected chi connectivity index (χ3v) is 2.93. The number of hydrogen-bond acceptors (Lipinski definition) is 2. The van der Waals surface area contributed by atoms with Crippen molar-refractivity contribution in [2.75, 3.05) is 0 Å². The summed E-state index contributed by atoms with van der Waals surface area (Å²) in [6.07, 6.45) is 0. The van der Waals surface area contributed by atoms with Gasteiger partial charge in [0.25, 0.3) is 0 Å². The van der Waals surface area contributed by atoms with Gasteiger partial charge in [-0.25, -0.2) is 4.68 Å². The van der Waals surface area contributed by atoms with Crippen LogP contribution in [0.1, 0.15) is 0 Å². The van der Waals surface area contributed by atoms with E-state index in [-0.39, 0.29) is 0 Å². The minimum atomic E-state index is 0.649. The first-order valence-corrected chi connectivity index (χ1v) is 5.76. The van der Waals surface area contributed by atoms with Crippen LogP contribution in [0.3, 0.4) is 0 Å². The van der Waals surface area contributed by atoms with Crippen molar-refractivity contribution in [3.63, 3.8) is 0 Å². The molecule has 84 valence electrons. The zero-order chi connectivity index (χ0) is 11.8. The summed E-state index contributed by atoms with van der Waals surface area (Å²) >= 11 is 11.9. The lowest BCUT2D eigenvalue weighted by Crippen LogP contribution is -1.95. The van der Waals surface area contributed by atoms with Crippen molar-refractivity contribution in [3.05, 3.63) is 52.5 Å². The van der Waals surface area contributed by atoms with Crippen LogP contribution in [0.5, 0.6) is 0 Å². The lowest BCUT2D eigenvalue weighted by Gasteiger charge is -2.02. The van der Waals surface area contributed by atoms with Gasteiger partial charge < -0.3 is 0 Å². The fourth-order valence-corrected chi connectivity index (χ4v) is 2.05. The molecule has 3 nitrogen and oxygen atoms in total. The molecule has 5 heteroatoms. The number of rotatable bonds is 1. The van der Waals surface area contributed by atoms with E-state index in [2.05, 4.69) is 10.3 Å². The van der Waals surface area contributed by atoms with Crippen molar-refractivity contribution >= 4 is 34.2 Å². The molecular weight excluding hydrogens is 257 g/mol. The quantitative estimate of drug-likeness (QED) is 0.670. The second-order valence-electron chi connectivity index (χ2n) is 3.61. The van der Waals surface area contributed by atoms with Crippen LogP contribution in [0.25, 0.3) is 16.7 Å². The fourth-order valence-electron chi connectivity index (χ4n) is 1.70. The number of nitrogens with zero attached hydrogens (tertiary/aromatic N) is 3. The molecule has 0 aliphatic carbocycles. The molecule has 0 amide bonds. The normalized spacial score (nSPS) is 10.9. The smallest absolute Gasteiger partial charge is 0.115 e. The molecule has 0 saturated carbocycles. The summed E-state index contributed by atoms with van der Waals surface area (Å²) in [4.78, 5) is 0. The van der Waals surface area contributed by atoms with Gasteiger partial charge in [-0.1, -0.05) is 34.5 Å². The van der Waals surface area contributed by atoms with Crippen LogP contribution in [0, 0.1) is 0 Å². The number of hydrogen-bond donors (Lipinski definition) is 0. The largest absolute Gasteiger partial charge is 0.213 e. The molecule has 0 aliphatic heterocycles. The van der Waals surface area contributed by atoms with E-state index in [1.54, 1.807) is 10.7 Å². The number of aromatic nitrogens is 3. The Labute approximate surface area is 108 Å². The van der Waals surface area contributed by atoms with Crippen molar-refractivity contribution in [1.29, 1.82) is 0 Å². The first-order valence-electron chi connectivity index (χ1n) is 5.01. The maximum Gasteiger partial charge on any atom is 0.115 e. The second kappa shape index (κ2) is 4.02. The molecule has 1 heterocycles. The summed E-state index contributed by atoms with van der Waals surface area (Å²) < 4.78 is 1.73. The van der Waals surface area contributed by atoms with Gasteiger partial charge in [0.05, 0.1) is 11.2 Å². The summed E-state index contributed by atoms with van der Waals surface area (Å²) in [5.74, 6) is 0. The third-order valence-electron chi connectivity index (χ3n) is 2.46.